The molecule has 0 aliphatic carbocycles. The molecule has 0 spiro atoms. The summed E-state index contributed by atoms with van der Waals surface area (Å²) in [6.07, 6.45) is 0.919. The molecule has 2 aromatic carbocycles. The number of nitrogens with one attached hydrogen (secondary N) is 2. The van der Waals surface area contributed by atoms with Gasteiger partial charge in [0.25, 0.3) is 0 Å². The highest BCUT2D eigenvalue weighted by Crippen LogP contribution is 2.40. The van der Waals surface area contributed by atoms with Crippen LogP contribution < -0.4 is 10.6 Å². The normalized spacial score (nSPS) is 15.7. The summed E-state index contributed by atoms with van der Waals surface area (Å²) in [5, 5.41) is 9.73. The van der Waals surface area contributed by atoms with Gasteiger partial charge in [-0.15, -0.1) is 0 Å². The van der Waals surface area contributed by atoms with Crippen molar-refractivity contribution in [3.8, 4) is 0 Å². The largest absolute Gasteiger partial charge is 0.363 e. The van der Waals surface area contributed by atoms with Crippen molar-refractivity contribution in [3.05, 3.63) is 48.0 Å². The summed E-state index contributed by atoms with van der Waals surface area (Å²) in [4.78, 5) is 0. The summed E-state index contributed by atoms with van der Waals surface area (Å²) in [6.45, 7) is 10.4. The quantitative estimate of drug-likeness (QED) is 0.767. The monoisotopic (exact) mass is 252 g/mol. The van der Waals surface area contributed by atoms with Crippen LogP contribution in [0.1, 0.15) is 26.3 Å². The van der Waals surface area contributed by atoms with E-state index in [1.54, 1.807) is 0 Å². The molecule has 0 bridgehead atoms. The number of hydrogen-bond acceptors (Lipinski definition) is 2. The first-order valence-corrected chi connectivity index (χ1v) is 6.72. The molecule has 98 valence electrons. The van der Waals surface area contributed by atoms with E-state index in [-0.39, 0.29) is 5.66 Å². The second-order valence-corrected chi connectivity index (χ2v) is 6.01. The molecule has 2 aromatic rings. The second kappa shape index (κ2) is 4.02. The average molecular weight is 252 g/mol. The molecule has 0 atom stereocenters. The molecule has 0 unspecified atom stereocenters. The Morgan fingerprint density at radius 2 is 1.95 bits per heavy atom. The molecular formula is C17H20N2. The van der Waals surface area contributed by atoms with Gasteiger partial charge in [0.2, 0.25) is 0 Å². The third-order valence-electron chi connectivity index (χ3n) is 3.51. The molecule has 2 heteroatoms. The predicted molar refractivity (Wildman–Crippen MR) is 83.8 cm³/mol. The molecule has 19 heavy (non-hydrogen) atoms. The van der Waals surface area contributed by atoms with Crippen LogP contribution in [0.2, 0.25) is 0 Å². The molecule has 1 heterocycles. The Bertz CT molecular complexity index is 668. The zero-order valence-electron chi connectivity index (χ0n) is 11.8. The van der Waals surface area contributed by atoms with Crippen LogP contribution in [0.15, 0.2) is 42.5 Å². The lowest BCUT2D eigenvalue weighted by atomic mass is 9.95. The fourth-order valence-electron chi connectivity index (χ4n) is 2.82. The number of benzene rings is 2. The van der Waals surface area contributed by atoms with Crippen LogP contribution in [0.3, 0.4) is 0 Å². The SMILES string of the molecule is C=C(C)Cc1ccc2cccc3c2c1NC(C)(C)N3. The summed E-state index contributed by atoms with van der Waals surface area (Å²) < 4.78 is 0. The van der Waals surface area contributed by atoms with Crippen molar-refractivity contribution in [2.45, 2.75) is 32.9 Å². The number of rotatable bonds is 2. The van der Waals surface area contributed by atoms with Gasteiger partial charge in [0.1, 0.15) is 5.66 Å². The van der Waals surface area contributed by atoms with E-state index in [9.17, 15) is 0 Å². The maximum Gasteiger partial charge on any atom is 0.102 e. The minimum Gasteiger partial charge on any atom is -0.363 e. The maximum absolute atomic E-state index is 4.04. The molecule has 0 aromatic heterocycles. The average Bonchev–Trinajstić information content (AvgIpc) is 2.30. The Balaban J connectivity index is 2.28. The summed E-state index contributed by atoms with van der Waals surface area (Å²) >= 11 is 0. The van der Waals surface area contributed by atoms with E-state index in [1.807, 2.05) is 0 Å². The molecule has 1 aliphatic heterocycles. The van der Waals surface area contributed by atoms with Crippen LogP contribution in [0.25, 0.3) is 10.8 Å². The summed E-state index contributed by atoms with van der Waals surface area (Å²) in [5.74, 6) is 0. The zero-order valence-corrected chi connectivity index (χ0v) is 11.8. The zero-order chi connectivity index (χ0) is 13.6. The summed E-state index contributed by atoms with van der Waals surface area (Å²) in [7, 11) is 0. The van der Waals surface area contributed by atoms with Gasteiger partial charge >= 0.3 is 0 Å². The van der Waals surface area contributed by atoms with Crippen molar-refractivity contribution in [1.82, 2.24) is 0 Å². The summed E-state index contributed by atoms with van der Waals surface area (Å²) in [5.41, 5.74) is 4.83. The Morgan fingerprint density at radius 3 is 2.68 bits per heavy atom. The van der Waals surface area contributed by atoms with Crippen LogP contribution in [0, 0.1) is 0 Å². The smallest absolute Gasteiger partial charge is 0.102 e. The minimum absolute atomic E-state index is 0.132. The van der Waals surface area contributed by atoms with E-state index < -0.39 is 0 Å². The first-order chi connectivity index (χ1) is 8.96. The van der Waals surface area contributed by atoms with E-state index in [4.69, 9.17) is 0 Å². The Kier molecular flexibility index (Phi) is 2.56. The molecule has 1 aliphatic rings. The fourth-order valence-corrected chi connectivity index (χ4v) is 2.82. The topological polar surface area (TPSA) is 24.1 Å². The standard InChI is InChI=1S/C17H20N2/c1-11(2)10-13-9-8-12-6-5-7-14-15(12)16(13)19-17(3,4)18-14/h5-9,18-19H,1,10H2,2-4H3. The lowest BCUT2D eigenvalue weighted by Gasteiger charge is -2.37. The first-order valence-electron chi connectivity index (χ1n) is 6.72. The maximum atomic E-state index is 4.04. The highest BCUT2D eigenvalue weighted by atomic mass is 15.2. The molecule has 0 amide bonds. The van der Waals surface area contributed by atoms with Crippen molar-refractivity contribution in [2.24, 2.45) is 0 Å². The van der Waals surface area contributed by atoms with Gasteiger partial charge in [-0.1, -0.05) is 36.4 Å². The van der Waals surface area contributed by atoms with Crippen molar-refractivity contribution in [3.63, 3.8) is 0 Å². The van der Waals surface area contributed by atoms with Crippen molar-refractivity contribution in [2.75, 3.05) is 10.6 Å². The van der Waals surface area contributed by atoms with Gasteiger partial charge in [-0.2, -0.15) is 0 Å². The van der Waals surface area contributed by atoms with Gasteiger partial charge in [0.05, 0.1) is 0 Å². The van der Waals surface area contributed by atoms with E-state index in [2.05, 4.69) is 68.3 Å². The van der Waals surface area contributed by atoms with Gasteiger partial charge in [-0.05, 0) is 44.2 Å². The summed E-state index contributed by atoms with van der Waals surface area (Å²) in [6, 6.07) is 10.8. The van der Waals surface area contributed by atoms with Gasteiger partial charge in [0, 0.05) is 16.8 Å². The van der Waals surface area contributed by atoms with Gasteiger partial charge in [-0.3, -0.25) is 0 Å². The number of allylic oxidation sites excluding steroid dienone is 1. The van der Waals surface area contributed by atoms with Gasteiger partial charge in [-0.25, -0.2) is 0 Å². The lowest BCUT2D eigenvalue weighted by molar-refractivity contribution is 0.648. The van der Waals surface area contributed by atoms with Gasteiger partial charge in [0.15, 0.2) is 0 Å². The highest BCUT2D eigenvalue weighted by molar-refractivity contribution is 6.06. The van der Waals surface area contributed by atoms with Crippen LogP contribution in [-0.2, 0) is 6.42 Å². The third kappa shape index (κ3) is 2.07. The van der Waals surface area contributed by atoms with Crippen molar-refractivity contribution in [1.29, 1.82) is 0 Å². The van der Waals surface area contributed by atoms with Crippen LogP contribution in [-0.4, -0.2) is 5.66 Å². The molecule has 0 saturated carbocycles. The highest BCUT2D eigenvalue weighted by Gasteiger charge is 2.26. The van der Waals surface area contributed by atoms with Crippen LogP contribution in [0.5, 0.6) is 0 Å². The van der Waals surface area contributed by atoms with E-state index >= 15 is 0 Å². The first kappa shape index (κ1) is 12.1. The molecule has 0 radical (unpaired) electrons. The Hall–Kier alpha value is -1.96. The molecule has 3 rings (SSSR count). The molecule has 0 saturated heterocycles. The van der Waals surface area contributed by atoms with Gasteiger partial charge < -0.3 is 10.6 Å². The Morgan fingerprint density at radius 1 is 1.16 bits per heavy atom. The molecule has 2 nitrogen and oxygen atoms in total. The van der Waals surface area contributed by atoms with Crippen LogP contribution >= 0.6 is 0 Å². The Labute approximate surface area is 114 Å². The van der Waals surface area contributed by atoms with E-state index in [1.165, 1.54) is 33.3 Å². The predicted octanol–water partition coefficient (Wildman–Crippen LogP) is 4.53. The third-order valence-corrected chi connectivity index (χ3v) is 3.51. The molecular weight excluding hydrogens is 232 g/mol. The second-order valence-electron chi connectivity index (χ2n) is 6.01. The molecule has 0 fully saturated rings. The number of hydrogen-bond donors (Lipinski definition) is 2. The lowest BCUT2D eigenvalue weighted by Crippen LogP contribution is -2.42. The fraction of sp³-hybridized carbons (Fsp3) is 0.294. The van der Waals surface area contributed by atoms with E-state index in [0.29, 0.717) is 0 Å². The van der Waals surface area contributed by atoms with Crippen molar-refractivity contribution < 1.29 is 0 Å². The minimum atomic E-state index is -0.132. The number of anilines is 2. The van der Waals surface area contributed by atoms with Crippen LogP contribution in [0.4, 0.5) is 11.4 Å². The van der Waals surface area contributed by atoms with E-state index in [0.717, 1.165) is 6.42 Å². The molecule has 2 N–H and O–H groups in total. The van der Waals surface area contributed by atoms with Crippen molar-refractivity contribution >= 4 is 22.1 Å².